The Balaban J connectivity index is 1.98. The number of halogens is 1. The first-order valence-corrected chi connectivity index (χ1v) is 6.35. The van der Waals surface area contributed by atoms with E-state index in [0.717, 1.165) is 23.1 Å². The second kappa shape index (κ2) is 5.15. The first-order chi connectivity index (χ1) is 7.63. The predicted octanol–water partition coefficient (Wildman–Crippen LogP) is 3.18. The van der Waals surface area contributed by atoms with Crippen molar-refractivity contribution < 1.29 is 9.47 Å². The Kier molecular flexibility index (Phi) is 3.82. The number of rotatable bonds is 2. The van der Waals surface area contributed by atoms with Crippen LogP contribution in [0.25, 0.3) is 0 Å². The maximum atomic E-state index is 5.90. The van der Waals surface area contributed by atoms with Crippen LogP contribution < -0.4 is 4.74 Å². The number of hydrogen-bond donors (Lipinski definition) is 0. The van der Waals surface area contributed by atoms with Gasteiger partial charge in [0.15, 0.2) is 0 Å². The molecule has 1 aliphatic rings. The highest BCUT2D eigenvalue weighted by Crippen LogP contribution is 2.25. The van der Waals surface area contributed by atoms with E-state index in [4.69, 9.17) is 9.47 Å². The fraction of sp³-hybridized carbons (Fsp3) is 0.583. The molecule has 0 bridgehead atoms. The van der Waals surface area contributed by atoms with Gasteiger partial charge in [-0.1, -0.05) is 0 Å². The Morgan fingerprint density at radius 1 is 1.31 bits per heavy atom. The number of aromatic nitrogens is 1. The van der Waals surface area contributed by atoms with Crippen LogP contribution in [0.1, 0.15) is 26.7 Å². The second-order valence-corrected chi connectivity index (χ2v) is 5.22. The molecule has 1 saturated heterocycles. The molecule has 0 radical (unpaired) electrons. The molecule has 1 aromatic heterocycles. The summed E-state index contributed by atoms with van der Waals surface area (Å²) in [6.45, 7) is 4.18. The van der Waals surface area contributed by atoms with Crippen LogP contribution >= 0.6 is 15.9 Å². The molecule has 0 spiro atoms. The third-order valence-corrected chi connectivity index (χ3v) is 3.07. The van der Waals surface area contributed by atoms with Crippen LogP contribution in [-0.4, -0.2) is 23.3 Å². The molecule has 2 unspecified atom stereocenters. The molecule has 4 heteroatoms. The van der Waals surface area contributed by atoms with Gasteiger partial charge in [0, 0.05) is 23.5 Å². The van der Waals surface area contributed by atoms with E-state index in [0.29, 0.717) is 0 Å². The number of ether oxygens (including phenoxy) is 2. The zero-order chi connectivity index (χ0) is 11.5. The molecule has 88 valence electrons. The van der Waals surface area contributed by atoms with Crippen molar-refractivity contribution in [3.8, 4) is 5.75 Å². The lowest BCUT2D eigenvalue weighted by molar-refractivity contribution is -0.0722. The lowest BCUT2D eigenvalue weighted by atomic mass is 10.0. The SMILES string of the molecule is CC1CC(Oc2cncc(Br)c2)CC(C)O1. The van der Waals surface area contributed by atoms with Crippen molar-refractivity contribution in [1.82, 2.24) is 4.98 Å². The van der Waals surface area contributed by atoms with Gasteiger partial charge in [-0.3, -0.25) is 4.98 Å². The van der Waals surface area contributed by atoms with E-state index in [2.05, 4.69) is 34.8 Å². The van der Waals surface area contributed by atoms with Crippen LogP contribution in [0.5, 0.6) is 5.75 Å². The van der Waals surface area contributed by atoms with Crippen LogP contribution in [0.3, 0.4) is 0 Å². The first kappa shape index (κ1) is 11.9. The quantitative estimate of drug-likeness (QED) is 0.836. The van der Waals surface area contributed by atoms with Crippen molar-refractivity contribution in [2.75, 3.05) is 0 Å². The summed E-state index contributed by atoms with van der Waals surface area (Å²) in [7, 11) is 0. The van der Waals surface area contributed by atoms with Gasteiger partial charge < -0.3 is 9.47 Å². The molecular weight excluding hydrogens is 270 g/mol. The van der Waals surface area contributed by atoms with Gasteiger partial charge in [0.05, 0.1) is 18.4 Å². The molecule has 0 amide bonds. The van der Waals surface area contributed by atoms with Crippen molar-refractivity contribution in [2.45, 2.75) is 45.0 Å². The van der Waals surface area contributed by atoms with Crippen molar-refractivity contribution in [3.05, 3.63) is 22.9 Å². The molecule has 16 heavy (non-hydrogen) atoms. The molecule has 1 aliphatic heterocycles. The number of nitrogens with zero attached hydrogens (tertiary/aromatic N) is 1. The summed E-state index contributed by atoms with van der Waals surface area (Å²) in [5, 5.41) is 0. The Morgan fingerprint density at radius 3 is 2.62 bits per heavy atom. The van der Waals surface area contributed by atoms with Gasteiger partial charge >= 0.3 is 0 Å². The van der Waals surface area contributed by atoms with Gasteiger partial charge in [0.1, 0.15) is 11.9 Å². The number of pyridine rings is 1. The third-order valence-electron chi connectivity index (χ3n) is 2.64. The zero-order valence-corrected chi connectivity index (χ0v) is 11.1. The highest BCUT2D eigenvalue weighted by atomic mass is 79.9. The Hall–Kier alpha value is -0.610. The minimum atomic E-state index is 0.231. The molecular formula is C12H16BrNO2. The summed E-state index contributed by atoms with van der Waals surface area (Å²) in [6, 6.07) is 1.94. The summed E-state index contributed by atoms with van der Waals surface area (Å²) in [5.74, 6) is 0.820. The molecule has 0 aromatic carbocycles. The van der Waals surface area contributed by atoms with Crippen molar-refractivity contribution in [3.63, 3.8) is 0 Å². The van der Waals surface area contributed by atoms with E-state index >= 15 is 0 Å². The van der Waals surface area contributed by atoms with E-state index in [1.54, 1.807) is 12.4 Å². The summed E-state index contributed by atoms with van der Waals surface area (Å²) < 4.78 is 12.5. The number of hydrogen-bond acceptors (Lipinski definition) is 3. The van der Waals surface area contributed by atoms with Gasteiger partial charge in [-0.15, -0.1) is 0 Å². The summed E-state index contributed by atoms with van der Waals surface area (Å²) in [4.78, 5) is 4.08. The lowest BCUT2D eigenvalue weighted by Gasteiger charge is -2.32. The highest BCUT2D eigenvalue weighted by molar-refractivity contribution is 9.10. The van der Waals surface area contributed by atoms with Crippen LogP contribution in [0.15, 0.2) is 22.9 Å². The summed E-state index contributed by atoms with van der Waals surface area (Å²) >= 11 is 3.38. The van der Waals surface area contributed by atoms with E-state index in [9.17, 15) is 0 Å². The zero-order valence-electron chi connectivity index (χ0n) is 9.52. The van der Waals surface area contributed by atoms with Crippen LogP contribution in [0.4, 0.5) is 0 Å². The maximum absolute atomic E-state index is 5.90. The molecule has 0 N–H and O–H groups in total. The smallest absolute Gasteiger partial charge is 0.139 e. The Bertz CT molecular complexity index is 349. The van der Waals surface area contributed by atoms with E-state index in [1.807, 2.05) is 6.07 Å². The van der Waals surface area contributed by atoms with Crippen molar-refractivity contribution >= 4 is 15.9 Å². The second-order valence-electron chi connectivity index (χ2n) is 4.31. The van der Waals surface area contributed by atoms with E-state index in [-0.39, 0.29) is 18.3 Å². The van der Waals surface area contributed by atoms with Crippen LogP contribution in [0.2, 0.25) is 0 Å². The molecule has 2 rings (SSSR count). The van der Waals surface area contributed by atoms with Crippen LogP contribution in [0, 0.1) is 0 Å². The standard InChI is InChI=1S/C12H16BrNO2/c1-8-3-11(4-9(2)15-8)16-12-5-10(13)6-14-7-12/h5-9,11H,3-4H2,1-2H3. The fourth-order valence-electron chi connectivity index (χ4n) is 2.09. The molecule has 2 heterocycles. The molecule has 0 aliphatic carbocycles. The van der Waals surface area contributed by atoms with Crippen LogP contribution in [-0.2, 0) is 4.74 Å². The first-order valence-electron chi connectivity index (χ1n) is 5.56. The van der Waals surface area contributed by atoms with E-state index in [1.165, 1.54) is 0 Å². The summed E-state index contributed by atoms with van der Waals surface area (Å²) in [6.07, 6.45) is 6.16. The maximum Gasteiger partial charge on any atom is 0.139 e. The van der Waals surface area contributed by atoms with Gasteiger partial charge in [0.2, 0.25) is 0 Å². The van der Waals surface area contributed by atoms with Gasteiger partial charge in [-0.25, -0.2) is 0 Å². The normalized spacial score (nSPS) is 30.1. The monoisotopic (exact) mass is 285 g/mol. The predicted molar refractivity (Wildman–Crippen MR) is 65.6 cm³/mol. The third kappa shape index (κ3) is 3.19. The minimum Gasteiger partial charge on any atom is -0.489 e. The molecule has 1 fully saturated rings. The molecule has 0 saturated carbocycles. The minimum absolute atomic E-state index is 0.231. The summed E-state index contributed by atoms with van der Waals surface area (Å²) in [5.41, 5.74) is 0. The lowest BCUT2D eigenvalue weighted by Crippen LogP contribution is -2.35. The van der Waals surface area contributed by atoms with Gasteiger partial charge in [-0.2, -0.15) is 0 Å². The largest absolute Gasteiger partial charge is 0.489 e. The topological polar surface area (TPSA) is 31.4 Å². The average molecular weight is 286 g/mol. The van der Waals surface area contributed by atoms with Gasteiger partial charge in [-0.05, 0) is 35.8 Å². The average Bonchev–Trinajstić information content (AvgIpc) is 2.15. The van der Waals surface area contributed by atoms with E-state index < -0.39 is 0 Å². The Morgan fingerprint density at radius 2 is 2.00 bits per heavy atom. The van der Waals surface area contributed by atoms with Crippen molar-refractivity contribution in [2.24, 2.45) is 0 Å². The Labute approximate surface area is 104 Å². The molecule has 1 aromatic rings. The van der Waals surface area contributed by atoms with Gasteiger partial charge in [0.25, 0.3) is 0 Å². The fourth-order valence-corrected chi connectivity index (χ4v) is 2.43. The molecule has 2 atom stereocenters. The highest BCUT2D eigenvalue weighted by Gasteiger charge is 2.25. The molecule has 3 nitrogen and oxygen atoms in total. The van der Waals surface area contributed by atoms with Crippen molar-refractivity contribution in [1.29, 1.82) is 0 Å².